The van der Waals surface area contributed by atoms with E-state index in [9.17, 15) is 10.1 Å². The molecule has 1 unspecified atom stereocenters. The average Bonchev–Trinajstić information content (AvgIpc) is 2.99. The monoisotopic (exact) mass is 505 g/mol. The van der Waals surface area contributed by atoms with Crippen LogP contribution in [-0.2, 0) is 0 Å². The molecule has 3 aromatic rings. The number of esters is 1. The van der Waals surface area contributed by atoms with E-state index in [2.05, 4.69) is 53.4 Å². The lowest BCUT2D eigenvalue weighted by Crippen LogP contribution is -2.15. The molecule has 1 saturated carbocycles. The zero-order valence-corrected chi connectivity index (χ0v) is 21.9. The molecule has 0 saturated heterocycles. The molecule has 0 spiro atoms. The van der Waals surface area contributed by atoms with Crippen molar-refractivity contribution < 1.29 is 9.53 Å². The van der Waals surface area contributed by atoms with Gasteiger partial charge in [0.2, 0.25) is 0 Å². The van der Waals surface area contributed by atoms with Crippen LogP contribution in [0.25, 0.3) is 11.1 Å². The normalized spacial score (nSPS) is 12.8. The Kier molecular flexibility index (Phi) is 9.64. The molecule has 0 aromatic heterocycles. The number of carbonyl (C=O) groups is 1. The van der Waals surface area contributed by atoms with Gasteiger partial charge in [0.15, 0.2) is 0 Å². The molecule has 0 radical (unpaired) electrons. The topological polar surface area (TPSA) is 50.1 Å². The number of nitrogens with zero attached hydrogens (tertiary/aromatic N) is 1. The highest BCUT2D eigenvalue weighted by atomic mass is 16.5. The second-order valence-corrected chi connectivity index (χ2v) is 9.24. The van der Waals surface area contributed by atoms with Crippen LogP contribution in [0.15, 0.2) is 72.8 Å². The van der Waals surface area contributed by atoms with Gasteiger partial charge < -0.3 is 4.74 Å². The highest BCUT2D eigenvalue weighted by Crippen LogP contribution is 2.36. The average molecular weight is 506 g/mol. The number of ether oxygens (including phenoxy) is 1. The van der Waals surface area contributed by atoms with Gasteiger partial charge in [0.25, 0.3) is 0 Å². The molecule has 0 aliphatic heterocycles. The smallest absolute Gasteiger partial charge is 0.343 e. The minimum Gasteiger partial charge on any atom is -0.423 e. The van der Waals surface area contributed by atoms with Gasteiger partial charge in [-0.2, -0.15) is 5.26 Å². The summed E-state index contributed by atoms with van der Waals surface area (Å²) in [6.45, 7) is 1.72. The van der Waals surface area contributed by atoms with Crippen molar-refractivity contribution in [3.8, 4) is 70.3 Å². The largest absolute Gasteiger partial charge is 0.423 e. The van der Waals surface area contributed by atoms with E-state index in [0.717, 1.165) is 35.1 Å². The Labute approximate surface area is 231 Å². The van der Waals surface area contributed by atoms with Crippen LogP contribution in [0.3, 0.4) is 0 Å². The highest BCUT2D eigenvalue weighted by Gasteiger charge is 2.25. The van der Waals surface area contributed by atoms with Crippen molar-refractivity contribution in [1.29, 1.82) is 5.26 Å². The van der Waals surface area contributed by atoms with Crippen LogP contribution in [0, 0.1) is 64.6 Å². The molecule has 39 heavy (non-hydrogen) atoms. The van der Waals surface area contributed by atoms with Gasteiger partial charge in [-0.15, -0.1) is 0 Å². The molecule has 0 N–H and O–H groups in total. The molecule has 188 valence electrons. The second kappa shape index (κ2) is 14.0. The minimum atomic E-state index is -0.420. The third-order valence-corrected chi connectivity index (χ3v) is 6.69. The lowest BCUT2D eigenvalue weighted by molar-refractivity contribution is 0.0734. The van der Waals surface area contributed by atoms with Gasteiger partial charge in [0.1, 0.15) is 5.75 Å². The third-order valence-electron chi connectivity index (χ3n) is 6.69. The van der Waals surface area contributed by atoms with Crippen LogP contribution < -0.4 is 4.74 Å². The fourth-order valence-electron chi connectivity index (χ4n) is 4.66. The lowest BCUT2D eigenvalue weighted by Gasteiger charge is -2.26. The summed E-state index contributed by atoms with van der Waals surface area (Å²) >= 11 is 0. The van der Waals surface area contributed by atoms with Gasteiger partial charge in [0, 0.05) is 5.56 Å². The van der Waals surface area contributed by atoms with Crippen molar-refractivity contribution in [1.82, 2.24) is 0 Å². The first kappa shape index (κ1) is 26.9. The first-order chi connectivity index (χ1) is 19.2. The SMILES string of the molecule is CC#CC#CC#CC#Cc1ccc(-c2ccc(C(=O)Oc3ccc(C(C#N)C4CCCCC4)cc3)cc2)cc1. The van der Waals surface area contributed by atoms with Gasteiger partial charge >= 0.3 is 5.97 Å². The third kappa shape index (κ3) is 7.67. The van der Waals surface area contributed by atoms with E-state index >= 15 is 0 Å². The molecule has 0 heterocycles. The Morgan fingerprint density at radius 3 is 1.97 bits per heavy atom. The summed E-state index contributed by atoms with van der Waals surface area (Å²) < 4.78 is 5.59. The first-order valence-corrected chi connectivity index (χ1v) is 13.0. The van der Waals surface area contributed by atoms with E-state index in [-0.39, 0.29) is 5.92 Å². The summed E-state index contributed by atoms with van der Waals surface area (Å²) in [4.78, 5) is 12.7. The van der Waals surface area contributed by atoms with Crippen molar-refractivity contribution in [2.45, 2.75) is 44.9 Å². The first-order valence-electron chi connectivity index (χ1n) is 13.0. The van der Waals surface area contributed by atoms with E-state index in [4.69, 9.17) is 4.74 Å². The van der Waals surface area contributed by atoms with Crippen LogP contribution in [0.4, 0.5) is 0 Å². The van der Waals surface area contributed by atoms with Crippen LogP contribution in [-0.4, -0.2) is 5.97 Å². The van der Waals surface area contributed by atoms with Crippen LogP contribution in [0.2, 0.25) is 0 Å². The van der Waals surface area contributed by atoms with Gasteiger partial charge in [-0.3, -0.25) is 0 Å². The fraction of sp³-hybridized carbons (Fsp3) is 0.222. The maximum atomic E-state index is 12.7. The van der Waals surface area contributed by atoms with Gasteiger partial charge in [-0.05, 0) is 114 Å². The summed E-state index contributed by atoms with van der Waals surface area (Å²) in [7, 11) is 0. The molecule has 1 aliphatic rings. The lowest BCUT2D eigenvalue weighted by atomic mass is 9.77. The maximum Gasteiger partial charge on any atom is 0.343 e. The number of nitriles is 1. The van der Waals surface area contributed by atoms with Crippen molar-refractivity contribution in [2.24, 2.45) is 5.92 Å². The Balaban J connectivity index is 1.35. The maximum absolute atomic E-state index is 12.7. The molecule has 1 atom stereocenters. The fourth-order valence-corrected chi connectivity index (χ4v) is 4.66. The second-order valence-electron chi connectivity index (χ2n) is 9.24. The van der Waals surface area contributed by atoms with Crippen LogP contribution in [0.5, 0.6) is 5.75 Å². The van der Waals surface area contributed by atoms with Crippen molar-refractivity contribution >= 4 is 5.97 Å². The summed E-state index contributed by atoms with van der Waals surface area (Å²) in [6, 6.07) is 25.0. The minimum absolute atomic E-state index is 0.108. The van der Waals surface area contributed by atoms with Gasteiger partial charge in [-0.25, -0.2) is 4.79 Å². The van der Waals surface area contributed by atoms with Gasteiger partial charge in [-0.1, -0.05) is 67.5 Å². The predicted molar refractivity (Wildman–Crippen MR) is 154 cm³/mol. The molecule has 3 heteroatoms. The summed E-state index contributed by atoms with van der Waals surface area (Å²) in [6.07, 6.45) is 5.85. The number of benzene rings is 3. The number of rotatable bonds is 5. The predicted octanol–water partition coefficient (Wildman–Crippen LogP) is 7.14. The highest BCUT2D eigenvalue weighted by molar-refractivity contribution is 5.91. The van der Waals surface area contributed by atoms with Crippen LogP contribution in [0.1, 0.15) is 66.4 Å². The molecule has 0 amide bonds. The van der Waals surface area contributed by atoms with E-state index in [0.29, 0.717) is 17.2 Å². The Hall–Kier alpha value is -5.14. The van der Waals surface area contributed by atoms with E-state index in [1.54, 1.807) is 31.2 Å². The summed E-state index contributed by atoms with van der Waals surface area (Å²) in [5, 5.41) is 9.73. The Morgan fingerprint density at radius 1 is 0.769 bits per heavy atom. The van der Waals surface area contributed by atoms with Crippen molar-refractivity contribution in [3.05, 3.63) is 89.5 Å². The number of carbonyl (C=O) groups excluding carboxylic acids is 1. The molecule has 0 bridgehead atoms. The zero-order chi connectivity index (χ0) is 27.3. The van der Waals surface area contributed by atoms with E-state index in [1.807, 2.05) is 48.5 Å². The number of hydrogen-bond donors (Lipinski definition) is 0. The van der Waals surface area contributed by atoms with Crippen molar-refractivity contribution in [3.63, 3.8) is 0 Å². The van der Waals surface area contributed by atoms with Crippen molar-refractivity contribution in [2.75, 3.05) is 0 Å². The van der Waals surface area contributed by atoms with Crippen LogP contribution >= 0.6 is 0 Å². The molecule has 1 aliphatic carbocycles. The quantitative estimate of drug-likeness (QED) is 0.210. The molecule has 4 rings (SSSR count). The molecular formula is C36H27NO2. The Morgan fingerprint density at radius 2 is 1.36 bits per heavy atom. The zero-order valence-electron chi connectivity index (χ0n) is 21.9. The standard InChI is InChI=1S/C36H27NO2/c1-2-3-4-5-6-7-9-12-28-15-17-29(18-16-28)30-19-21-33(22-20-30)36(38)39-34-25-23-32(24-26-34)35(27-37)31-13-10-8-11-14-31/h15-26,31,35H,8,10-11,13-14H2,1H3. The summed E-state index contributed by atoms with van der Waals surface area (Å²) in [5.74, 6) is 22.0. The molecular weight excluding hydrogens is 478 g/mol. The molecule has 3 nitrogen and oxygen atoms in total. The van der Waals surface area contributed by atoms with E-state index < -0.39 is 5.97 Å². The van der Waals surface area contributed by atoms with Gasteiger partial charge in [0.05, 0.1) is 17.6 Å². The molecule has 3 aromatic carbocycles. The summed E-state index contributed by atoms with van der Waals surface area (Å²) in [5.41, 5.74) is 4.30. The number of hydrogen-bond acceptors (Lipinski definition) is 3. The Bertz CT molecular complexity index is 1590. The molecule has 1 fully saturated rings. The van der Waals surface area contributed by atoms with E-state index in [1.165, 1.54) is 19.3 Å².